The number of rotatable bonds is 8. The summed E-state index contributed by atoms with van der Waals surface area (Å²) in [5.74, 6) is -4.94. The van der Waals surface area contributed by atoms with E-state index in [9.17, 15) is 33.9 Å². The molecule has 10 heteroatoms. The molecule has 0 aromatic carbocycles. The summed E-state index contributed by atoms with van der Waals surface area (Å²) in [6.07, 6.45) is 4.22. The van der Waals surface area contributed by atoms with Gasteiger partial charge < -0.3 is 19.7 Å². The van der Waals surface area contributed by atoms with Crippen molar-refractivity contribution in [3.63, 3.8) is 0 Å². The number of esters is 2. The molecule has 0 aromatic rings. The van der Waals surface area contributed by atoms with Crippen molar-refractivity contribution in [1.82, 2.24) is 0 Å². The van der Waals surface area contributed by atoms with E-state index in [4.69, 9.17) is 14.6 Å². The molecule has 0 aliphatic heterocycles. The third-order valence-corrected chi connectivity index (χ3v) is 9.34. The Bertz CT molecular complexity index is 1150. The van der Waals surface area contributed by atoms with Crippen LogP contribution >= 0.6 is 0 Å². The molecule has 7 atom stereocenters. The Morgan fingerprint density at radius 3 is 2.50 bits per heavy atom. The van der Waals surface area contributed by atoms with Crippen LogP contribution in [0.25, 0.3) is 0 Å². The van der Waals surface area contributed by atoms with E-state index < -0.39 is 64.7 Å². The van der Waals surface area contributed by atoms with Crippen LogP contribution < -0.4 is 0 Å². The number of carboxylic acids is 1. The zero-order valence-corrected chi connectivity index (χ0v) is 21.9. The van der Waals surface area contributed by atoms with Crippen molar-refractivity contribution in [3.8, 4) is 0 Å². The van der Waals surface area contributed by atoms with Gasteiger partial charge in [-0.25, -0.2) is 0 Å². The maximum absolute atomic E-state index is 13.9. The van der Waals surface area contributed by atoms with Crippen molar-refractivity contribution < 1.29 is 48.5 Å². The summed E-state index contributed by atoms with van der Waals surface area (Å²) in [7, 11) is 0. The third-order valence-electron chi connectivity index (χ3n) is 9.34. The van der Waals surface area contributed by atoms with Crippen LogP contribution in [0.2, 0.25) is 0 Å². The second-order valence-corrected chi connectivity index (χ2v) is 11.5. The summed E-state index contributed by atoms with van der Waals surface area (Å²) in [4.78, 5) is 74.2. The van der Waals surface area contributed by atoms with Crippen LogP contribution in [0.5, 0.6) is 0 Å². The van der Waals surface area contributed by atoms with E-state index in [1.165, 1.54) is 12.2 Å². The first-order valence-corrected chi connectivity index (χ1v) is 13.0. The molecule has 0 bridgehead atoms. The largest absolute Gasteiger partial charge is 0.481 e. The van der Waals surface area contributed by atoms with Gasteiger partial charge in [-0.3, -0.25) is 28.8 Å². The molecule has 206 valence electrons. The van der Waals surface area contributed by atoms with E-state index in [-0.39, 0.29) is 56.0 Å². The number of ketones is 3. The lowest BCUT2D eigenvalue weighted by Gasteiger charge is -2.58. The Labute approximate surface area is 220 Å². The highest BCUT2D eigenvalue weighted by Gasteiger charge is 2.70. The molecule has 0 aromatic heterocycles. The van der Waals surface area contributed by atoms with Crippen LogP contribution in [-0.2, 0) is 38.2 Å². The van der Waals surface area contributed by atoms with Crippen molar-refractivity contribution >= 4 is 35.3 Å². The van der Waals surface area contributed by atoms with Crippen molar-refractivity contribution in [3.05, 3.63) is 23.8 Å². The van der Waals surface area contributed by atoms with Crippen molar-refractivity contribution in [1.29, 1.82) is 0 Å². The Morgan fingerprint density at radius 1 is 1.13 bits per heavy atom. The Kier molecular flexibility index (Phi) is 7.24. The number of hydrogen-bond donors (Lipinski definition) is 2. The second-order valence-electron chi connectivity index (χ2n) is 11.5. The van der Waals surface area contributed by atoms with Crippen LogP contribution in [0.4, 0.5) is 0 Å². The Balaban J connectivity index is 1.70. The number of hydrogen-bond acceptors (Lipinski definition) is 9. The first-order valence-electron chi connectivity index (χ1n) is 13.0. The molecule has 0 spiro atoms. The topological polar surface area (TPSA) is 161 Å². The summed E-state index contributed by atoms with van der Waals surface area (Å²) >= 11 is 0. The Hall–Kier alpha value is -3.14. The Morgan fingerprint density at radius 2 is 1.84 bits per heavy atom. The molecule has 1 unspecified atom stereocenters. The summed E-state index contributed by atoms with van der Waals surface area (Å²) in [6.45, 7) is 4.15. The summed E-state index contributed by atoms with van der Waals surface area (Å²) in [5, 5.41) is 20.6. The monoisotopic (exact) mass is 530 g/mol. The molecule has 4 aliphatic carbocycles. The van der Waals surface area contributed by atoms with Gasteiger partial charge in [0, 0.05) is 55.3 Å². The normalized spacial score (nSPS) is 37.4. The molecule has 0 heterocycles. The number of carboxylic acid groups (broad SMARTS) is 1. The lowest BCUT2D eigenvalue weighted by molar-refractivity contribution is -0.185. The predicted octanol–water partition coefficient (Wildman–Crippen LogP) is 2.11. The van der Waals surface area contributed by atoms with Crippen LogP contribution in [-0.4, -0.2) is 63.8 Å². The minimum atomic E-state index is -1.90. The van der Waals surface area contributed by atoms with Crippen molar-refractivity contribution in [2.75, 3.05) is 6.61 Å². The first kappa shape index (κ1) is 27.9. The number of carbonyl (C=O) groups excluding carboxylic acids is 5. The molecule has 3 saturated carbocycles. The highest BCUT2D eigenvalue weighted by molar-refractivity contribution is 6.02. The molecule has 0 saturated heterocycles. The number of aliphatic carboxylic acids is 1. The van der Waals surface area contributed by atoms with Gasteiger partial charge in [0.1, 0.15) is 17.5 Å². The maximum Gasteiger partial charge on any atom is 0.306 e. The minimum Gasteiger partial charge on any atom is -0.481 e. The van der Waals surface area contributed by atoms with E-state index in [0.717, 1.165) is 6.92 Å². The molecule has 0 radical (unpaired) electrons. The van der Waals surface area contributed by atoms with Crippen LogP contribution in [0, 0.1) is 28.6 Å². The lowest BCUT2D eigenvalue weighted by atomic mass is 9.46. The second kappa shape index (κ2) is 9.87. The molecule has 4 aliphatic rings. The fourth-order valence-electron chi connectivity index (χ4n) is 7.45. The molecular formula is C28H34O10. The SMILES string of the molecule is CC(=O)OCC(=O)[C@@]1(O)CC[C@H]2[C@@H]3C(OC(=O)CCCC(=O)O)CC4=CC(=O)C=C[C@]4(C)[C@H]3C(=O)C[C@@]21C. The highest BCUT2D eigenvalue weighted by atomic mass is 16.5. The van der Waals surface area contributed by atoms with E-state index >= 15 is 0 Å². The van der Waals surface area contributed by atoms with Crippen LogP contribution in [0.1, 0.15) is 65.7 Å². The zero-order chi connectivity index (χ0) is 28.0. The standard InChI is InChI=1S/C28H34O10/c1-15(29)37-14-21(32)28(36)10-8-18-24-20(38-23(35)6-4-5-22(33)34)12-16-11-17(30)7-9-26(16,2)25(24)19(31)13-27(18,28)3/h7,9,11,18,20,24-25,36H,4-6,8,10,12-14H2,1-3H3,(H,33,34)/t18-,20?,24+,25-,26-,27-,28-/m0/s1. The van der Waals surface area contributed by atoms with Crippen LogP contribution in [0.15, 0.2) is 23.8 Å². The van der Waals surface area contributed by atoms with Gasteiger partial charge in [-0.2, -0.15) is 0 Å². The number of fused-ring (bicyclic) bond motifs is 5. The van der Waals surface area contributed by atoms with Gasteiger partial charge in [0.2, 0.25) is 5.78 Å². The molecule has 38 heavy (non-hydrogen) atoms. The lowest BCUT2D eigenvalue weighted by Crippen LogP contribution is -2.63. The highest BCUT2D eigenvalue weighted by Crippen LogP contribution is 2.66. The van der Waals surface area contributed by atoms with E-state index in [2.05, 4.69) is 0 Å². The van der Waals surface area contributed by atoms with Gasteiger partial charge in [-0.1, -0.05) is 25.5 Å². The smallest absolute Gasteiger partial charge is 0.306 e. The molecule has 10 nitrogen and oxygen atoms in total. The molecular weight excluding hydrogens is 496 g/mol. The first-order chi connectivity index (χ1) is 17.7. The van der Waals surface area contributed by atoms with Gasteiger partial charge in [-0.05, 0) is 37.3 Å². The van der Waals surface area contributed by atoms with E-state index in [1.807, 2.05) is 6.92 Å². The maximum atomic E-state index is 13.9. The quantitative estimate of drug-likeness (QED) is 0.445. The van der Waals surface area contributed by atoms with Gasteiger partial charge in [0.05, 0.1) is 0 Å². The van der Waals surface area contributed by atoms with Gasteiger partial charge in [0.15, 0.2) is 12.4 Å². The number of carbonyl (C=O) groups is 6. The predicted molar refractivity (Wildman–Crippen MR) is 130 cm³/mol. The number of allylic oxidation sites excluding steroid dienone is 3. The van der Waals surface area contributed by atoms with Crippen molar-refractivity contribution in [2.45, 2.75) is 77.4 Å². The zero-order valence-electron chi connectivity index (χ0n) is 21.9. The molecule has 2 N–H and O–H groups in total. The summed E-state index contributed by atoms with van der Waals surface area (Å²) < 4.78 is 10.8. The fraction of sp³-hybridized carbons (Fsp3) is 0.643. The molecule has 0 amide bonds. The van der Waals surface area contributed by atoms with Crippen LogP contribution in [0.3, 0.4) is 0 Å². The average Bonchev–Trinajstić information content (AvgIpc) is 3.09. The summed E-state index contributed by atoms with van der Waals surface area (Å²) in [5.41, 5.74) is -3.18. The van der Waals surface area contributed by atoms with E-state index in [0.29, 0.717) is 12.0 Å². The minimum absolute atomic E-state index is 0.0672. The van der Waals surface area contributed by atoms with Gasteiger partial charge in [0.25, 0.3) is 0 Å². The molecule has 3 fully saturated rings. The van der Waals surface area contributed by atoms with E-state index in [1.54, 1.807) is 13.0 Å². The number of Topliss-reactive ketones (excluding diaryl/α,β-unsaturated/α-hetero) is 2. The van der Waals surface area contributed by atoms with Gasteiger partial charge >= 0.3 is 17.9 Å². The fourth-order valence-corrected chi connectivity index (χ4v) is 7.45. The number of aliphatic hydroxyl groups is 1. The third kappa shape index (κ3) is 4.52. The average molecular weight is 531 g/mol. The van der Waals surface area contributed by atoms with Gasteiger partial charge in [-0.15, -0.1) is 0 Å². The van der Waals surface area contributed by atoms with Crippen molar-refractivity contribution in [2.24, 2.45) is 28.6 Å². The molecule has 4 rings (SSSR count). The summed E-state index contributed by atoms with van der Waals surface area (Å²) in [6, 6.07) is 0. The number of ether oxygens (including phenoxy) is 2.